The number of allylic oxidation sites excluding steroid dienone is 2. The fourth-order valence-corrected chi connectivity index (χ4v) is 14.2. The molecule has 10 aromatic carbocycles. The second-order valence-corrected chi connectivity index (χ2v) is 23.5. The van der Waals surface area contributed by atoms with Crippen LogP contribution in [0.25, 0.3) is 43.8 Å². The van der Waals surface area contributed by atoms with Crippen LogP contribution in [0.15, 0.2) is 266 Å². The smallest absolute Gasteiger partial charge is 0.182 e. The van der Waals surface area contributed by atoms with E-state index >= 15 is 0 Å². The first kappa shape index (κ1) is 52.6. The van der Waals surface area contributed by atoms with Crippen LogP contribution in [0, 0.1) is 13.8 Å². The van der Waals surface area contributed by atoms with Gasteiger partial charge in [0, 0.05) is 22.6 Å². The Morgan fingerprint density at radius 1 is 0.368 bits per heavy atom. The molecule has 0 aliphatic carbocycles. The molecule has 0 spiro atoms. The number of aromatic hydroxyl groups is 2. The molecule has 2 N–H and O–H groups in total. The van der Waals surface area contributed by atoms with Crippen LogP contribution in [-0.2, 0) is 19.7 Å². The lowest BCUT2D eigenvalue weighted by atomic mass is 9.83. The van der Waals surface area contributed by atoms with Crippen LogP contribution in [0.4, 0.5) is 0 Å². The summed E-state index contributed by atoms with van der Waals surface area (Å²) < 4.78 is 56.9. The van der Waals surface area contributed by atoms with E-state index in [2.05, 4.69) is 37.4 Å². The summed E-state index contributed by atoms with van der Waals surface area (Å²) in [6.45, 7) is 11.7. The lowest BCUT2D eigenvalue weighted by molar-refractivity contribution is 0.481. The Kier molecular flexibility index (Phi) is 16.0. The Labute approximate surface area is 447 Å². The summed E-state index contributed by atoms with van der Waals surface area (Å²) >= 11 is 0. The van der Waals surface area contributed by atoms with Crippen LogP contribution in [-0.4, -0.2) is 37.5 Å². The molecule has 0 amide bonds. The van der Waals surface area contributed by atoms with Gasteiger partial charge in [-0.2, -0.15) is 0 Å². The molecular weight excluding hydrogens is 977 g/mol. The number of benzene rings is 10. The van der Waals surface area contributed by atoms with Gasteiger partial charge < -0.3 is 10.2 Å². The van der Waals surface area contributed by atoms with E-state index < -0.39 is 42.0 Å². The van der Waals surface area contributed by atoms with Crippen molar-refractivity contribution in [3.8, 4) is 33.8 Å². The van der Waals surface area contributed by atoms with E-state index in [-0.39, 0.29) is 24.3 Å². The van der Waals surface area contributed by atoms with Crippen molar-refractivity contribution in [3.05, 3.63) is 289 Å². The van der Waals surface area contributed by atoms with Crippen LogP contribution in [0.5, 0.6) is 11.5 Å². The molecule has 76 heavy (non-hydrogen) atoms. The van der Waals surface area contributed by atoms with Crippen molar-refractivity contribution in [1.82, 2.24) is 0 Å². The third kappa shape index (κ3) is 11.1. The van der Waals surface area contributed by atoms with E-state index in [0.29, 0.717) is 20.6 Å². The van der Waals surface area contributed by atoms with E-state index in [4.69, 9.17) is 0 Å². The molecule has 0 aliphatic rings. The molecule has 0 unspecified atom stereocenters. The Balaban J connectivity index is 0.000000186. The first-order valence-electron chi connectivity index (χ1n) is 25.3. The van der Waals surface area contributed by atoms with Crippen LogP contribution < -0.4 is 0 Å². The molecule has 0 fully saturated rings. The van der Waals surface area contributed by atoms with Crippen LogP contribution in [0.3, 0.4) is 0 Å². The zero-order valence-electron chi connectivity index (χ0n) is 42.6. The number of phenolic OH excluding ortho intramolecular Hbond substituents is 2. The van der Waals surface area contributed by atoms with Crippen molar-refractivity contribution in [2.75, 3.05) is 0 Å². The molecule has 6 nitrogen and oxygen atoms in total. The first-order valence-corrected chi connectivity index (χ1v) is 28.4. The van der Waals surface area contributed by atoms with E-state index in [1.54, 1.807) is 48.6 Å². The van der Waals surface area contributed by atoms with Crippen LogP contribution >= 0.6 is 0 Å². The topological polar surface area (TPSA) is 109 Å². The molecule has 10 aromatic rings. The van der Waals surface area contributed by atoms with Gasteiger partial charge in [-0.1, -0.05) is 217 Å². The zero-order valence-corrected chi connectivity index (χ0v) is 44.2. The molecule has 0 heterocycles. The molecule has 10 rings (SSSR count). The highest BCUT2D eigenvalue weighted by Crippen LogP contribution is 2.44. The number of sulfone groups is 2. The number of fused-ring (bicyclic) bond motifs is 2. The zero-order chi connectivity index (χ0) is 53.4. The maximum Gasteiger partial charge on any atom is 0.182 e. The SMILES string of the molecule is C=CC[C@H]([C@H](c1ccc(-c2ccccc2)cc1)c1ccc(O)c2ccccc12)S(=O)(=O)c1ccc(C)cc1.C=CC[C@H]([C@H](c1ccc(-c2ccccc2)cc1)c1ccc(O)c2ccccc12)S(=O)(=O)c1ccc(C)cc1. The van der Waals surface area contributed by atoms with Gasteiger partial charge >= 0.3 is 0 Å². The van der Waals surface area contributed by atoms with E-state index in [9.17, 15) is 27.0 Å². The van der Waals surface area contributed by atoms with Gasteiger partial charge in [-0.25, -0.2) is 16.8 Å². The van der Waals surface area contributed by atoms with Gasteiger partial charge in [0.25, 0.3) is 0 Å². The lowest BCUT2D eigenvalue weighted by Crippen LogP contribution is -2.29. The summed E-state index contributed by atoms with van der Waals surface area (Å²) in [6, 6.07) is 72.8. The summed E-state index contributed by atoms with van der Waals surface area (Å²) in [4.78, 5) is 0.591. The minimum absolute atomic E-state index is 0.171. The van der Waals surface area contributed by atoms with Crippen LogP contribution in [0.2, 0.25) is 0 Å². The molecule has 0 saturated heterocycles. The normalized spacial score (nSPS) is 13.2. The summed E-state index contributed by atoms with van der Waals surface area (Å²) in [5.41, 5.74) is 9.81. The third-order valence-electron chi connectivity index (χ3n) is 14.3. The van der Waals surface area contributed by atoms with Crippen molar-refractivity contribution >= 4 is 41.2 Å². The van der Waals surface area contributed by atoms with Gasteiger partial charge in [0.05, 0.1) is 20.3 Å². The van der Waals surface area contributed by atoms with Crippen molar-refractivity contribution < 1.29 is 27.0 Å². The van der Waals surface area contributed by atoms with Crippen molar-refractivity contribution in [2.24, 2.45) is 0 Å². The molecule has 0 radical (unpaired) electrons. The molecule has 8 heteroatoms. The number of hydrogen-bond acceptors (Lipinski definition) is 6. The highest BCUT2D eigenvalue weighted by molar-refractivity contribution is 7.92. The minimum Gasteiger partial charge on any atom is -0.507 e. The summed E-state index contributed by atoms with van der Waals surface area (Å²) in [5, 5.41) is 22.6. The van der Waals surface area contributed by atoms with Gasteiger partial charge in [0.1, 0.15) is 11.5 Å². The van der Waals surface area contributed by atoms with Gasteiger partial charge in [-0.3, -0.25) is 0 Å². The molecule has 0 aliphatic heterocycles. The number of aryl methyl sites for hydroxylation is 2. The molecule has 380 valence electrons. The molecule has 0 saturated carbocycles. The second-order valence-electron chi connectivity index (χ2n) is 19.2. The quantitative estimate of drug-likeness (QED) is 0.0933. The Morgan fingerprint density at radius 3 is 1.00 bits per heavy atom. The minimum atomic E-state index is -3.75. The highest BCUT2D eigenvalue weighted by Gasteiger charge is 2.38. The Hall–Kier alpha value is -8.30. The molecule has 4 atom stereocenters. The molecule has 0 bridgehead atoms. The Morgan fingerprint density at radius 2 is 0.671 bits per heavy atom. The predicted molar refractivity (Wildman–Crippen MR) is 313 cm³/mol. The maximum absolute atomic E-state index is 14.2. The summed E-state index contributed by atoms with van der Waals surface area (Å²) in [5.74, 6) is -0.641. The number of hydrogen-bond donors (Lipinski definition) is 2. The predicted octanol–water partition coefficient (Wildman–Crippen LogP) is 16.1. The summed E-state index contributed by atoms with van der Waals surface area (Å²) in [6.07, 6.45) is 3.92. The van der Waals surface area contributed by atoms with E-state index in [0.717, 1.165) is 66.4 Å². The number of rotatable bonds is 16. The van der Waals surface area contributed by atoms with Crippen LogP contribution in [0.1, 0.15) is 58.1 Å². The van der Waals surface area contributed by atoms with Gasteiger partial charge in [-0.05, 0) is 118 Å². The second kappa shape index (κ2) is 23.1. The standard InChI is InChI=1S/2C34H30O3S/c2*1-3-9-33(38(36,37)28-20-14-24(2)15-21-28)34(31-22-23-32(35)30-13-8-7-12-29(30)31)27-18-16-26(17-19-27)25-10-5-4-6-11-25/h2*3-8,10-23,33-35H,1,9H2,2H3/t2*33-,34-/m11/s1. The average Bonchev–Trinajstić information content (AvgIpc) is 3.45. The third-order valence-corrected chi connectivity index (χ3v) is 18.7. The van der Waals surface area contributed by atoms with Crippen molar-refractivity contribution in [1.29, 1.82) is 0 Å². The van der Waals surface area contributed by atoms with Crippen molar-refractivity contribution in [3.63, 3.8) is 0 Å². The highest BCUT2D eigenvalue weighted by atomic mass is 32.2. The fraction of sp³-hybridized carbons (Fsp3) is 0.118. The summed E-state index contributed by atoms with van der Waals surface area (Å²) in [7, 11) is -7.50. The van der Waals surface area contributed by atoms with Gasteiger partial charge in [0.2, 0.25) is 0 Å². The van der Waals surface area contributed by atoms with E-state index in [1.165, 1.54) is 0 Å². The molecule has 0 aromatic heterocycles. The monoisotopic (exact) mass is 1040 g/mol. The number of phenols is 2. The Bertz CT molecular complexity index is 3600. The van der Waals surface area contributed by atoms with E-state index in [1.807, 2.05) is 184 Å². The average molecular weight is 1040 g/mol. The first-order chi connectivity index (χ1) is 36.8. The van der Waals surface area contributed by atoms with Gasteiger partial charge in [0.15, 0.2) is 19.7 Å². The fourth-order valence-electron chi connectivity index (χ4n) is 10.4. The maximum atomic E-state index is 14.2. The lowest BCUT2D eigenvalue weighted by Gasteiger charge is -2.29. The molecular formula is C68H60O6S2. The van der Waals surface area contributed by atoms with Crippen molar-refractivity contribution in [2.45, 2.75) is 58.8 Å². The van der Waals surface area contributed by atoms with Gasteiger partial charge in [-0.15, -0.1) is 13.2 Å². The largest absolute Gasteiger partial charge is 0.507 e.